The van der Waals surface area contributed by atoms with Gasteiger partial charge < -0.3 is 10.2 Å². The predicted octanol–water partition coefficient (Wildman–Crippen LogP) is 2.92. The van der Waals surface area contributed by atoms with Crippen LogP contribution in [0.3, 0.4) is 0 Å². The number of hydrogen-bond acceptors (Lipinski definition) is 4. The zero-order valence-corrected chi connectivity index (χ0v) is 13.1. The Morgan fingerprint density at radius 1 is 1.42 bits per heavy atom. The summed E-state index contributed by atoms with van der Waals surface area (Å²) < 4.78 is 0. The van der Waals surface area contributed by atoms with Crippen LogP contribution in [-0.2, 0) is 13.0 Å². The van der Waals surface area contributed by atoms with Crippen molar-refractivity contribution in [3.8, 4) is 0 Å². The molecule has 1 N–H and O–H groups in total. The molecule has 3 nitrogen and oxygen atoms in total. The van der Waals surface area contributed by atoms with Crippen LogP contribution in [-0.4, -0.2) is 36.1 Å². The lowest BCUT2D eigenvalue weighted by Crippen LogP contribution is -2.34. The second-order valence-corrected chi connectivity index (χ2v) is 6.83. The summed E-state index contributed by atoms with van der Waals surface area (Å²) in [4.78, 5) is 8.36. The van der Waals surface area contributed by atoms with Gasteiger partial charge in [-0.3, -0.25) is 0 Å². The van der Waals surface area contributed by atoms with Gasteiger partial charge in [-0.05, 0) is 57.8 Å². The average Bonchev–Trinajstić information content (AvgIpc) is 2.88. The van der Waals surface area contributed by atoms with Crippen molar-refractivity contribution in [2.24, 2.45) is 5.92 Å². The molecule has 1 fully saturated rings. The van der Waals surface area contributed by atoms with Gasteiger partial charge in [-0.1, -0.05) is 13.8 Å². The Hall–Kier alpha value is -0.450. The maximum Gasteiger partial charge on any atom is 0.0925 e. The third-order valence-corrected chi connectivity index (χ3v) is 5.05. The quantitative estimate of drug-likeness (QED) is 0.779. The lowest BCUT2D eigenvalue weighted by atomic mass is 9.99. The predicted molar refractivity (Wildman–Crippen MR) is 82.7 cm³/mol. The van der Waals surface area contributed by atoms with Crippen LogP contribution >= 0.6 is 11.3 Å². The molecule has 0 spiro atoms. The van der Waals surface area contributed by atoms with Gasteiger partial charge in [0.25, 0.3) is 0 Å². The first-order valence-electron chi connectivity index (χ1n) is 7.64. The number of aryl methyl sites for hydroxylation is 1. The van der Waals surface area contributed by atoms with Crippen molar-refractivity contribution in [3.05, 3.63) is 16.1 Å². The van der Waals surface area contributed by atoms with Crippen molar-refractivity contribution in [2.75, 3.05) is 26.2 Å². The van der Waals surface area contributed by atoms with E-state index in [1.54, 1.807) is 0 Å². The summed E-state index contributed by atoms with van der Waals surface area (Å²) in [7, 11) is 0. The van der Waals surface area contributed by atoms with Crippen LogP contribution in [0.25, 0.3) is 0 Å². The first-order valence-corrected chi connectivity index (χ1v) is 8.46. The molecule has 4 heteroatoms. The number of piperidine rings is 1. The Labute approximate surface area is 121 Å². The lowest BCUT2D eigenvalue weighted by Gasteiger charge is -2.30. The van der Waals surface area contributed by atoms with E-state index in [2.05, 4.69) is 29.0 Å². The number of thiazole rings is 1. The first-order chi connectivity index (χ1) is 9.28. The summed E-state index contributed by atoms with van der Waals surface area (Å²) in [6.07, 6.45) is 7.09. The van der Waals surface area contributed by atoms with Crippen molar-refractivity contribution in [2.45, 2.75) is 46.1 Å². The van der Waals surface area contributed by atoms with Crippen LogP contribution in [0, 0.1) is 5.92 Å². The fourth-order valence-corrected chi connectivity index (χ4v) is 3.35. The van der Waals surface area contributed by atoms with Crippen molar-refractivity contribution < 1.29 is 0 Å². The Balaban J connectivity index is 1.52. The van der Waals surface area contributed by atoms with Crippen molar-refractivity contribution >= 4 is 11.3 Å². The molecule has 0 aromatic carbocycles. The van der Waals surface area contributed by atoms with Gasteiger partial charge in [-0.2, -0.15) is 0 Å². The summed E-state index contributed by atoms with van der Waals surface area (Å²) in [6, 6.07) is 0. The molecule has 1 aromatic rings. The summed E-state index contributed by atoms with van der Waals surface area (Å²) in [5.74, 6) is 0.938. The Morgan fingerprint density at radius 3 is 2.89 bits per heavy atom. The van der Waals surface area contributed by atoms with Gasteiger partial charge in [0.15, 0.2) is 0 Å². The van der Waals surface area contributed by atoms with Gasteiger partial charge >= 0.3 is 0 Å². The number of likely N-dealkylation sites (tertiary alicyclic amines) is 1. The molecule has 0 amide bonds. The highest BCUT2D eigenvalue weighted by atomic mass is 32.1. The molecule has 1 aliphatic heterocycles. The molecule has 0 bridgehead atoms. The molecule has 108 valence electrons. The summed E-state index contributed by atoms with van der Waals surface area (Å²) in [5, 5.41) is 4.78. The number of hydrogen-bond donors (Lipinski definition) is 1. The molecule has 1 aliphatic rings. The van der Waals surface area contributed by atoms with Crippen LogP contribution in [0.15, 0.2) is 6.20 Å². The molecule has 0 saturated carbocycles. The van der Waals surface area contributed by atoms with Gasteiger partial charge in [0.2, 0.25) is 0 Å². The van der Waals surface area contributed by atoms with Crippen molar-refractivity contribution in [1.29, 1.82) is 0 Å². The fraction of sp³-hybridized carbons (Fsp3) is 0.800. The highest BCUT2D eigenvalue weighted by Crippen LogP contribution is 2.16. The minimum atomic E-state index is 0.938. The topological polar surface area (TPSA) is 28.2 Å². The maximum absolute atomic E-state index is 4.38. The third kappa shape index (κ3) is 5.21. The molecule has 2 rings (SSSR count). The van der Waals surface area contributed by atoms with Crippen LogP contribution < -0.4 is 5.32 Å². The molecule has 0 atom stereocenters. The second-order valence-electron chi connectivity index (χ2n) is 5.63. The van der Waals surface area contributed by atoms with E-state index in [9.17, 15) is 0 Å². The number of aromatic nitrogens is 1. The maximum atomic E-state index is 4.38. The standard InChI is InChI=1S/C15H27N3S/c1-3-15-17-12-14(19-15)11-16-7-4-8-18-9-5-13(2)6-10-18/h12-13,16H,3-11H2,1-2H3. The fourth-order valence-electron chi connectivity index (χ4n) is 2.52. The Morgan fingerprint density at radius 2 is 2.21 bits per heavy atom. The van der Waals surface area contributed by atoms with E-state index in [4.69, 9.17) is 0 Å². The first kappa shape index (κ1) is 14.9. The third-order valence-electron chi connectivity index (χ3n) is 3.91. The van der Waals surface area contributed by atoms with E-state index in [1.807, 2.05) is 17.5 Å². The highest BCUT2D eigenvalue weighted by molar-refractivity contribution is 7.11. The molecular formula is C15H27N3S. The van der Waals surface area contributed by atoms with Crippen LogP contribution in [0.2, 0.25) is 0 Å². The molecule has 1 saturated heterocycles. The largest absolute Gasteiger partial charge is 0.312 e. The van der Waals surface area contributed by atoms with Crippen LogP contribution in [0.4, 0.5) is 0 Å². The average molecular weight is 281 g/mol. The molecule has 2 heterocycles. The minimum absolute atomic E-state index is 0.938. The van der Waals surface area contributed by atoms with E-state index < -0.39 is 0 Å². The number of nitrogens with one attached hydrogen (secondary N) is 1. The van der Waals surface area contributed by atoms with Gasteiger partial charge in [-0.25, -0.2) is 4.98 Å². The smallest absolute Gasteiger partial charge is 0.0925 e. The van der Waals surface area contributed by atoms with Gasteiger partial charge in [-0.15, -0.1) is 11.3 Å². The van der Waals surface area contributed by atoms with E-state index in [1.165, 1.54) is 48.8 Å². The van der Waals surface area contributed by atoms with E-state index in [0.29, 0.717) is 0 Å². The van der Waals surface area contributed by atoms with E-state index in [-0.39, 0.29) is 0 Å². The van der Waals surface area contributed by atoms with Gasteiger partial charge in [0, 0.05) is 17.6 Å². The molecule has 0 aliphatic carbocycles. The normalized spacial score (nSPS) is 18.0. The monoisotopic (exact) mass is 281 g/mol. The number of nitrogens with zero attached hydrogens (tertiary/aromatic N) is 2. The molecule has 19 heavy (non-hydrogen) atoms. The summed E-state index contributed by atoms with van der Waals surface area (Å²) in [6.45, 7) is 10.5. The van der Waals surface area contributed by atoms with Crippen LogP contribution in [0.5, 0.6) is 0 Å². The summed E-state index contributed by atoms with van der Waals surface area (Å²) >= 11 is 1.84. The van der Waals surface area contributed by atoms with Gasteiger partial charge in [0.05, 0.1) is 5.01 Å². The molecule has 0 unspecified atom stereocenters. The highest BCUT2D eigenvalue weighted by Gasteiger charge is 2.14. The zero-order chi connectivity index (χ0) is 13.5. The van der Waals surface area contributed by atoms with Gasteiger partial charge in [0.1, 0.15) is 0 Å². The Bertz CT molecular complexity index is 356. The number of rotatable bonds is 7. The van der Waals surface area contributed by atoms with E-state index in [0.717, 1.165) is 25.4 Å². The molecular weight excluding hydrogens is 254 g/mol. The second kappa shape index (κ2) is 7.98. The minimum Gasteiger partial charge on any atom is -0.312 e. The SMILES string of the molecule is CCc1ncc(CNCCCN2CCC(C)CC2)s1. The Kier molecular flexibility index (Phi) is 6.28. The lowest BCUT2D eigenvalue weighted by molar-refractivity contribution is 0.190. The van der Waals surface area contributed by atoms with E-state index >= 15 is 0 Å². The zero-order valence-electron chi connectivity index (χ0n) is 12.3. The molecule has 1 aromatic heterocycles. The van der Waals surface area contributed by atoms with Crippen molar-refractivity contribution in [3.63, 3.8) is 0 Å². The molecule has 0 radical (unpaired) electrons. The summed E-state index contributed by atoms with van der Waals surface area (Å²) in [5.41, 5.74) is 0. The van der Waals surface area contributed by atoms with Crippen LogP contribution in [0.1, 0.15) is 43.0 Å². The van der Waals surface area contributed by atoms with Crippen molar-refractivity contribution in [1.82, 2.24) is 15.2 Å².